The van der Waals surface area contributed by atoms with E-state index in [1.807, 2.05) is 6.08 Å². The maximum Gasteiger partial charge on any atom is 0.249 e. The number of rotatable bonds is 49. The third kappa shape index (κ3) is 44.6. The summed E-state index contributed by atoms with van der Waals surface area (Å²) in [6.07, 6.45) is 65.1. The molecule has 0 aliphatic heterocycles. The highest BCUT2D eigenvalue weighted by atomic mass is 16.3. The van der Waals surface area contributed by atoms with Crippen molar-refractivity contribution in [1.82, 2.24) is 5.32 Å². The Morgan fingerprint density at radius 1 is 0.400 bits per heavy atom. The molecule has 0 aromatic heterocycles. The van der Waals surface area contributed by atoms with Gasteiger partial charge < -0.3 is 20.6 Å². The quantitative estimate of drug-likeness (QED) is 0.0363. The van der Waals surface area contributed by atoms with Gasteiger partial charge in [-0.2, -0.15) is 0 Å². The van der Waals surface area contributed by atoms with Crippen molar-refractivity contribution in [3.63, 3.8) is 0 Å². The van der Waals surface area contributed by atoms with Crippen molar-refractivity contribution in [3.05, 3.63) is 36.5 Å². The van der Waals surface area contributed by atoms with Gasteiger partial charge in [0.2, 0.25) is 5.91 Å². The highest BCUT2D eigenvalue weighted by molar-refractivity contribution is 5.80. The van der Waals surface area contributed by atoms with Crippen LogP contribution in [0.1, 0.15) is 284 Å². The maximum absolute atomic E-state index is 12.5. The molecule has 0 aromatic carbocycles. The summed E-state index contributed by atoms with van der Waals surface area (Å²) in [6, 6.07) is -0.819. The lowest BCUT2D eigenvalue weighted by atomic mass is 10.0. The van der Waals surface area contributed by atoms with Crippen molar-refractivity contribution in [2.75, 3.05) is 6.61 Å². The average molecular weight is 844 g/mol. The van der Waals surface area contributed by atoms with E-state index in [0.717, 1.165) is 44.9 Å². The summed E-state index contributed by atoms with van der Waals surface area (Å²) in [7, 11) is 0. The minimum atomic E-state index is -1.11. The predicted octanol–water partition coefficient (Wildman–Crippen LogP) is 16.3. The van der Waals surface area contributed by atoms with Crippen molar-refractivity contribution >= 4 is 5.91 Å². The normalized spacial score (nSPS) is 13.6. The molecule has 5 heteroatoms. The number of carbonyl (C=O) groups is 1. The van der Waals surface area contributed by atoms with Crippen LogP contribution in [-0.2, 0) is 4.79 Å². The van der Waals surface area contributed by atoms with Crippen LogP contribution >= 0.6 is 0 Å². The number of hydrogen-bond donors (Lipinski definition) is 4. The summed E-state index contributed by atoms with van der Waals surface area (Å²) in [5.74, 6) is -0.513. The fourth-order valence-electron chi connectivity index (χ4n) is 8.28. The van der Waals surface area contributed by atoms with Crippen LogP contribution in [0.2, 0.25) is 0 Å². The molecule has 0 spiro atoms. The third-order valence-corrected chi connectivity index (χ3v) is 12.5. The van der Waals surface area contributed by atoms with E-state index in [1.54, 1.807) is 6.08 Å². The van der Waals surface area contributed by atoms with Gasteiger partial charge in [0, 0.05) is 0 Å². The molecule has 0 saturated heterocycles. The summed E-state index contributed by atoms with van der Waals surface area (Å²) < 4.78 is 0. The summed E-state index contributed by atoms with van der Waals surface area (Å²) >= 11 is 0. The van der Waals surface area contributed by atoms with E-state index in [0.29, 0.717) is 6.42 Å². The van der Waals surface area contributed by atoms with Crippen molar-refractivity contribution < 1.29 is 20.1 Å². The Kier molecular flexibility index (Phi) is 49.0. The lowest BCUT2D eigenvalue weighted by Crippen LogP contribution is -2.48. The lowest BCUT2D eigenvalue weighted by Gasteiger charge is -2.21. The Morgan fingerprint density at radius 3 is 1.02 bits per heavy atom. The van der Waals surface area contributed by atoms with Gasteiger partial charge in [0.15, 0.2) is 0 Å². The molecule has 354 valence electrons. The van der Waals surface area contributed by atoms with E-state index in [-0.39, 0.29) is 6.61 Å². The number of aliphatic hydroxyl groups is 3. The molecule has 0 rings (SSSR count). The van der Waals surface area contributed by atoms with Crippen LogP contribution in [0, 0.1) is 0 Å². The van der Waals surface area contributed by atoms with Crippen LogP contribution in [-0.4, -0.2) is 46.1 Å². The highest BCUT2D eigenvalue weighted by Gasteiger charge is 2.22. The molecule has 1 amide bonds. The second-order valence-electron chi connectivity index (χ2n) is 18.4. The molecule has 4 N–H and O–H groups in total. The van der Waals surface area contributed by atoms with E-state index in [1.165, 1.54) is 218 Å². The standard InChI is InChI=1S/C55H105NO4/c1-3-5-7-9-11-13-15-17-19-21-22-23-24-25-26-27-28-29-30-31-32-33-34-36-38-40-42-44-46-48-50-54(59)55(60)56-52(51-57)53(58)49-47-45-43-41-39-37-35-20-18-16-14-12-10-8-6-4-2/h18,20,39,41,47,49,52-54,57-59H,3-17,19,21-38,40,42-46,48,50-51H2,1-2H3,(H,56,60)/b20-18+,41-39+,49-47+. The summed E-state index contributed by atoms with van der Waals surface area (Å²) in [4.78, 5) is 12.5. The molecule has 0 fully saturated rings. The van der Waals surface area contributed by atoms with Gasteiger partial charge in [-0.3, -0.25) is 4.79 Å². The summed E-state index contributed by atoms with van der Waals surface area (Å²) in [5, 5.41) is 33.2. The highest BCUT2D eigenvalue weighted by Crippen LogP contribution is 2.17. The first-order chi connectivity index (χ1) is 29.6. The van der Waals surface area contributed by atoms with Gasteiger partial charge in [-0.1, -0.05) is 275 Å². The first-order valence-electron chi connectivity index (χ1n) is 26.8. The molecule has 3 unspecified atom stereocenters. The van der Waals surface area contributed by atoms with Crippen molar-refractivity contribution in [2.24, 2.45) is 0 Å². The fourth-order valence-corrected chi connectivity index (χ4v) is 8.28. The van der Waals surface area contributed by atoms with E-state index in [2.05, 4.69) is 43.5 Å². The van der Waals surface area contributed by atoms with Gasteiger partial charge >= 0.3 is 0 Å². The Hall–Kier alpha value is -1.43. The Bertz CT molecular complexity index is 931. The Balaban J connectivity index is 3.55. The zero-order valence-corrected chi connectivity index (χ0v) is 40.4. The number of hydrogen-bond acceptors (Lipinski definition) is 4. The van der Waals surface area contributed by atoms with Gasteiger partial charge in [-0.05, 0) is 44.9 Å². The smallest absolute Gasteiger partial charge is 0.249 e. The molecule has 0 radical (unpaired) electrons. The fraction of sp³-hybridized carbons (Fsp3) is 0.873. The van der Waals surface area contributed by atoms with Crippen molar-refractivity contribution in [1.29, 1.82) is 0 Å². The predicted molar refractivity (Wildman–Crippen MR) is 264 cm³/mol. The third-order valence-electron chi connectivity index (χ3n) is 12.5. The molecule has 0 aromatic rings. The molecular weight excluding hydrogens is 739 g/mol. The number of amides is 1. The number of allylic oxidation sites excluding steroid dienone is 5. The largest absolute Gasteiger partial charge is 0.394 e. The van der Waals surface area contributed by atoms with Gasteiger partial charge in [-0.25, -0.2) is 0 Å². The molecule has 0 aliphatic rings. The molecule has 0 bridgehead atoms. The topological polar surface area (TPSA) is 89.8 Å². The van der Waals surface area contributed by atoms with E-state index >= 15 is 0 Å². The van der Waals surface area contributed by atoms with Gasteiger partial charge in [0.05, 0.1) is 18.8 Å². The van der Waals surface area contributed by atoms with Gasteiger partial charge in [0.1, 0.15) is 6.10 Å². The zero-order valence-electron chi connectivity index (χ0n) is 40.4. The molecule has 60 heavy (non-hydrogen) atoms. The maximum atomic E-state index is 12.5. The Morgan fingerprint density at radius 2 is 0.683 bits per heavy atom. The molecule has 0 heterocycles. The SMILES string of the molecule is CCCCCCCC/C=C/CC/C=C/CC/C=C/C(O)C(CO)NC(=O)C(O)CCCCCCCCCCCCCCCCCCCCCCCCCCCCCCCC. The lowest BCUT2D eigenvalue weighted by molar-refractivity contribution is -0.131. The minimum Gasteiger partial charge on any atom is -0.394 e. The Labute approximate surface area is 374 Å². The second kappa shape index (κ2) is 50.2. The molecule has 5 nitrogen and oxygen atoms in total. The first-order valence-corrected chi connectivity index (χ1v) is 26.8. The van der Waals surface area contributed by atoms with Crippen LogP contribution in [0.15, 0.2) is 36.5 Å². The first kappa shape index (κ1) is 58.6. The summed E-state index contributed by atoms with van der Waals surface area (Å²) in [5.41, 5.74) is 0. The molecule has 0 aliphatic carbocycles. The minimum absolute atomic E-state index is 0.379. The summed E-state index contributed by atoms with van der Waals surface area (Å²) in [6.45, 7) is 4.18. The molecule has 3 atom stereocenters. The van der Waals surface area contributed by atoms with E-state index in [4.69, 9.17) is 0 Å². The zero-order chi connectivity index (χ0) is 43.7. The van der Waals surface area contributed by atoms with Gasteiger partial charge in [-0.15, -0.1) is 0 Å². The monoisotopic (exact) mass is 844 g/mol. The number of nitrogens with one attached hydrogen (secondary N) is 1. The second-order valence-corrected chi connectivity index (χ2v) is 18.4. The van der Waals surface area contributed by atoms with Crippen LogP contribution in [0.5, 0.6) is 0 Å². The number of carbonyl (C=O) groups excluding carboxylic acids is 1. The van der Waals surface area contributed by atoms with Crippen molar-refractivity contribution in [2.45, 2.75) is 302 Å². The van der Waals surface area contributed by atoms with Crippen LogP contribution < -0.4 is 5.32 Å². The van der Waals surface area contributed by atoms with Crippen LogP contribution in [0.25, 0.3) is 0 Å². The van der Waals surface area contributed by atoms with Gasteiger partial charge in [0.25, 0.3) is 0 Å². The number of aliphatic hydroxyl groups excluding tert-OH is 3. The van der Waals surface area contributed by atoms with Crippen molar-refractivity contribution in [3.8, 4) is 0 Å². The van der Waals surface area contributed by atoms with E-state index < -0.39 is 24.2 Å². The molecular formula is C55H105NO4. The van der Waals surface area contributed by atoms with Crippen LogP contribution in [0.3, 0.4) is 0 Å². The van der Waals surface area contributed by atoms with Crippen LogP contribution in [0.4, 0.5) is 0 Å². The van der Waals surface area contributed by atoms with E-state index in [9.17, 15) is 20.1 Å². The number of unbranched alkanes of at least 4 members (excludes halogenated alkanes) is 37. The average Bonchev–Trinajstić information content (AvgIpc) is 3.25. The molecule has 0 saturated carbocycles.